The number of carbonyl (C=O) groups excluding carboxylic acids is 1. The zero-order chi connectivity index (χ0) is 14.4. The van der Waals surface area contributed by atoms with Crippen molar-refractivity contribution in [3.8, 4) is 0 Å². The summed E-state index contributed by atoms with van der Waals surface area (Å²) in [6.07, 6.45) is 6.60. The first kappa shape index (κ1) is 14.0. The van der Waals surface area contributed by atoms with Crippen LogP contribution in [0.25, 0.3) is 6.08 Å². The molecular weight excluding hydrogens is 254 g/mol. The van der Waals surface area contributed by atoms with Gasteiger partial charge < -0.3 is 10.4 Å². The normalized spacial score (nSPS) is 12.5. The van der Waals surface area contributed by atoms with Gasteiger partial charge in [0, 0.05) is 24.9 Å². The van der Waals surface area contributed by atoms with E-state index < -0.39 is 6.04 Å². The summed E-state index contributed by atoms with van der Waals surface area (Å²) in [7, 11) is 1.81. The molecule has 1 aromatic carbocycles. The Morgan fingerprint density at radius 2 is 2.20 bits per heavy atom. The van der Waals surface area contributed by atoms with Gasteiger partial charge in [-0.05, 0) is 11.6 Å². The predicted molar refractivity (Wildman–Crippen MR) is 76.7 cm³/mol. The fraction of sp³-hybridized carbons (Fsp3) is 0.200. The molecule has 0 unspecified atom stereocenters. The smallest absolute Gasteiger partial charge is 0.244 e. The van der Waals surface area contributed by atoms with Crippen molar-refractivity contribution in [1.82, 2.24) is 15.1 Å². The fourth-order valence-electron chi connectivity index (χ4n) is 1.84. The van der Waals surface area contributed by atoms with Gasteiger partial charge in [-0.3, -0.25) is 9.48 Å². The molecule has 20 heavy (non-hydrogen) atoms. The van der Waals surface area contributed by atoms with Crippen molar-refractivity contribution in [2.24, 2.45) is 7.05 Å². The first-order chi connectivity index (χ1) is 9.69. The van der Waals surface area contributed by atoms with Crippen molar-refractivity contribution in [2.75, 3.05) is 6.61 Å². The maximum absolute atomic E-state index is 11.8. The number of carbonyl (C=O) groups is 1. The lowest BCUT2D eigenvalue weighted by atomic mass is 10.1. The molecule has 0 aliphatic rings. The van der Waals surface area contributed by atoms with Crippen molar-refractivity contribution in [1.29, 1.82) is 0 Å². The van der Waals surface area contributed by atoms with Gasteiger partial charge in [0.15, 0.2) is 0 Å². The maximum Gasteiger partial charge on any atom is 0.244 e. The summed E-state index contributed by atoms with van der Waals surface area (Å²) in [5, 5.41) is 16.1. The highest BCUT2D eigenvalue weighted by atomic mass is 16.3. The summed E-state index contributed by atoms with van der Waals surface area (Å²) in [5.74, 6) is -0.253. The molecule has 1 aromatic heterocycles. The lowest BCUT2D eigenvalue weighted by Gasteiger charge is -2.15. The van der Waals surface area contributed by atoms with Gasteiger partial charge in [-0.1, -0.05) is 30.3 Å². The number of rotatable bonds is 5. The number of aromatic nitrogens is 2. The predicted octanol–water partition coefficient (Wildman–Crippen LogP) is 1.28. The lowest BCUT2D eigenvalue weighted by Crippen LogP contribution is -2.29. The van der Waals surface area contributed by atoms with E-state index in [0.717, 1.165) is 11.1 Å². The molecule has 2 rings (SSSR count). The summed E-state index contributed by atoms with van der Waals surface area (Å²) in [5.41, 5.74) is 1.72. The average Bonchev–Trinajstić information content (AvgIpc) is 2.89. The Labute approximate surface area is 117 Å². The third-order valence-electron chi connectivity index (χ3n) is 2.85. The minimum absolute atomic E-state index is 0.142. The zero-order valence-electron chi connectivity index (χ0n) is 11.2. The summed E-state index contributed by atoms with van der Waals surface area (Å²) in [4.78, 5) is 11.8. The second-order valence-corrected chi connectivity index (χ2v) is 4.44. The molecule has 0 radical (unpaired) electrons. The molecular formula is C15H17N3O2. The van der Waals surface area contributed by atoms with E-state index in [1.165, 1.54) is 6.08 Å². The van der Waals surface area contributed by atoms with Crippen molar-refractivity contribution >= 4 is 12.0 Å². The van der Waals surface area contributed by atoms with Gasteiger partial charge in [0.2, 0.25) is 5.91 Å². The maximum atomic E-state index is 11.8. The van der Waals surface area contributed by atoms with Crippen LogP contribution in [0.15, 0.2) is 48.8 Å². The second kappa shape index (κ2) is 6.68. The van der Waals surface area contributed by atoms with Crippen LogP contribution >= 0.6 is 0 Å². The van der Waals surface area contributed by atoms with Crippen LogP contribution in [0, 0.1) is 0 Å². The summed E-state index contributed by atoms with van der Waals surface area (Å²) < 4.78 is 1.66. The number of aryl methyl sites for hydroxylation is 1. The van der Waals surface area contributed by atoms with Crippen molar-refractivity contribution in [3.63, 3.8) is 0 Å². The summed E-state index contributed by atoms with van der Waals surface area (Å²) in [6.45, 7) is -0.142. The van der Waals surface area contributed by atoms with E-state index in [9.17, 15) is 9.90 Å². The molecule has 2 N–H and O–H groups in total. The van der Waals surface area contributed by atoms with Crippen molar-refractivity contribution in [3.05, 3.63) is 59.9 Å². The first-order valence-corrected chi connectivity index (χ1v) is 6.32. The van der Waals surface area contributed by atoms with Gasteiger partial charge in [-0.25, -0.2) is 0 Å². The Kier molecular flexibility index (Phi) is 4.68. The van der Waals surface area contributed by atoms with E-state index in [1.807, 2.05) is 43.6 Å². The monoisotopic (exact) mass is 271 g/mol. The second-order valence-electron chi connectivity index (χ2n) is 4.44. The number of benzene rings is 1. The van der Waals surface area contributed by atoms with Gasteiger partial charge in [0.25, 0.3) is 0 Å². The molecule has 104 valence electrons. The highest BCUT2D eigenvalue weighted by Gasteiger charge is 2.11. The van der Waals surface area contributed by atoms with Crippen molar-refractivity contribution < 1.29 is 9.90 Å². The van der Waals surface area contributed by atoms with Gasteiger partial charge in [-0.2, -0.15) is 5.10 Å². The molecule has 0 spiro atoms. The molecule has 0 fully saturated rings. The molecule has 1 atom stereocenters. The average molecular weight is 271 g/mol. The van der Waals surface area contributed by atoms with Crippen LogP contribution in [-0.4, -0.2) is 27.4 Å². The van der Waals surface area contributed by atoms with Gasteiger partial charge >= 0.3 is 0 Å². The van der Waals surface area contributed by atoms with E-state index >= 15 is 0 Å². The van der Waals surface area contributed by atoms with E-state index in [4.69, 9.17) is 0 Å². The Balaban J connectivity index is 1.98. The van der Waals surface area contributed by atoms with E-state index in [2.05, 4.69) is 10.4 Å². The third kappa shape index (κ3) is 3.80. The van der Waals surface area contributed by atoms with Crippen molar-refractivity contribution in [2.45, 2.75) is 6.04 Å². The number of nitrogens with one attached hydrogen (secondary N) is 1. The van der Waals surface area contributed by atoms with Gasteiger partial charge in [0.1, 0.15) is 0 Å². The SMILES string of the molecule is Cn1cc(/C=C/C(=O)N[C@H](CO)c2ccccc2)cn1. The highest BCUT2D eigenvalue weighted by molar-refractivity contribution is 5.91. The largest absolute Gasteiger partial charge is 0.394 e. The minimum atomic E-state index is -0.401. The Morgan fingerprint density at radius 1 is 1.45 bits per heavy atom. The topological polar surface area (TPSA) is 67.2 Å². The number of amides is 1. The highest BCUT2D eigenvalue weighted by Crippen LogP contribution is 2.11. The number of aliphatic hydroxyl groups excluding tert-OH is 1. The van der Waals surface area contributed by atoms with Crippen LogP contribution in [0.3, 0.4) is 0 Å². The zero-order valence-corrected chi connectivity index (χ0v) is 11.2. The standard InChI is InChI=1S/C15H17N3O2/c1-18-10-12(9-16-18)7-8-15(20)17-14(11-19)13-5-3-2-4-6-13/h2-10,14,19H,11H2,1H3,(H,17,20)/b8-7+/t14-/m1/s1. The van der Waals surface area contributed by atoms with Crippen LogP contribution in [0.2, 0.25) is 0 Å². The number of nitrogens with zero attached hydrogens (tertiary/aromatic N) is 2. The Bertz CT molecular complexity index is 590. The molecule has 0 bridgehead atoms. The summed E-state index contributed by atoms with van der Waals surface area (Å²) >= 11 is 0. The quantitative estimate of drug-likeness (QED) is 0.805. The van der Waals surface area contributed by atoms with E-state index in [1.54, 1.807) is 17.0 Å². The number of hydrogen-bond donors (Lipinski definition) is 2. The summed E-state index contributed by atoms with van der Waals surface area (Å²) in [6, 6.07) is 8.97. The molecule has 0 aliphatic heterocycles. The lowest BCUT2D eigenvalue weighted by molar-refractivity contribution is -0.117. The Hall–Kier alpha value is -2.40. The molecule has 5 nitrogen and oxygen atoms in total. The number of aliphatic hydroxyl groups is 1. The molecule has 2 aromatic rings. The molecule has 1 amide bonds. The molecule has 5 heteroatoms. The van der Waals surface area contributed by atoms with Crippen LogP contribution in [0.4, 0.5) is 0 Å². The van der Waals surface area contributed by atoms with E-state index in [-0.39, 0.29) is 12.5 Å². The van der Waals surface area contributed by atoms with Crippen LogP contribution in [-0.2, 0) is 11.8 Å². The fourth-order valence-corrected chi connectivity index (χ4v) is 1.84. The first-order valence-electron chi connectivity index (χ1n) is 6.32. The van der Waals surface area contributed by atoms with Gasteiger partial charge in [0.05, 0.1) is 18.8 Å². The van der Waals surface area contributed by atoms with Crippen LogP contribution in [0.5, 0.6) is 0 Å². The van der Waals surface area contributed by atoms with Gasteiger partial charge in [-0.15, -0.1) is 0 Å². The van der Waals surface area contributed by atoms with Crippen LogP contribution in [0.1, 0.15) is 17.2 Å². The minimum Gasteiger partial charge on any atom is -0.394 e. The molecule has 0 saturated carbocycles. The Morgan fingerprint density at radius 3 is 2.80 bits per heavy atom. The van der Waals surface area contributed by atoms with E-state index in [0.29, 0.717) is 0 Å². The molecule has 0 saturated heterocycles. The molecule has 0 aliphatic carbocycles. The molecule has 1 heterocycles. The van der Waals surface area contributed by atoms with Crippen LogP contribution < -0.4 is 5.32 Å². The third-order valence-corrected chi connectivity index (χ3v) is 2.85. The number of hydrogen-bond acceptors (Lipinski definition) is 3.